The standard InChI is InChI=1S/C20H16BrN3O2S/c21-15-7-4-12(5-8-15)17-11-27-20(23-17)24-19(26)14-6-9-16-13(10-14)2-1-3-18(25)22-16/h4-11H,1-3H2,(H,22,25)(H,23,24,26). The molecule has 2 heterocycles. The molecule has 1 aliphatic rings. The van der Waals surface area contributed by atoms with Crippen LogP contribution < -0.4 is 10.6 Å². The number of hydrogen-bond acceptors (Lipinski definition) is 4. The van der Waals surface area contributed by atoms with Crippen LogP contribution in [0.25, 0.3) is 11.3 Å². The highest BCUT2D eigenvalue weighted by Gasteiger charge is 2.16. The molecule has 136 valence electrons. The normalized spacial score (nSPS) is 13.4. The topological polar surface area (TPSA) is 71.1 Å². The molecule has 0 aliphatic carbocycles. The van der Waals surface area contributed by atoms with Gasteiger partial charge in [-0.25, -0.2) is 4.98 Å². The first-order chi connectivity index (χ1) is 13.1. The second-order valence-electron chi connectivity index (χ2n) is 6.27. The number of aromatic nitrogens is 1. The lowest BCUT2D eigenvalue weighted by molar-refractivity contribution is -0.116. The van der Waals surface area contributed by atoms with Crippen LogP contribution in [0.2, 0.25) is 0 Å². The minimum absolute atomic E-state index is 0.0224. The number of rotatable bonds is 3. The molecular formula is C20H16BrN3O2S. The number of nitrogens with one attached hydrogen (secondary N) is 2. The number of carbonyl (C=O) groups excluding carboxylic acids is 2. The van der Waals surface area contributed by atoms with E-state index < -0.39 is 0 Å². The van der Waals surface area contributed by atoms with E-state index in [4.69, 9.17) is 0 Å². The van der Waals surface area contributed by atoms with E-state index in [2.05, 4.69) is 31.5 Å². The SMILES string of the molecule is O=C1CCCc2cc(C(=O)Nc3nc(-c4ccc(Br)cc4)cs3)ccc2N1. The summed E-state index contributed by atoms with van der Waals surface area (Å²) in [4.78, 5) is 28.7. The monoisotopic (exact) mass is 441 g/mol. The van der Waals surface area contributed by atoms with Gasteiger partial charge >= 0.3 is 0 Å². The van der Waals surface area contributed by atoms with Crippen LogP contribution in [-0.2, 0) is 11.2 Å². The molecule has 2 N–H and O–H groups in total. The van der Waals surface area contributed by atoms with Gasteiger partial charge in [-0.15, -0.1) is 11.3 Å². The van der Waals surface area contributed by atoms with Gasteiger partial charge in [-0.1, -0.05) is 28.1 Å². The number of halogens is 1. The van der Waals surface area contributed by atoms with E-state index in [1.807, 2.05) is 35.7 Å². The summed E-state index contributed by atoms with van der Waals surface area (Å²) < 4.78 is 1.01. The Kier molecular flexibility index (Phi) is 5.05. The zero-order valence-electron chi connectivity index (χ0n) is 14.3. The van der Waals surface area contributed by atoms with Crippen molar-refractivity contribution in [2.75, 3.05) is 10.6 Å². The van der Waals surface area contributed by atoms with Gasteiger partial charge in [0.15, 0.2) is 5.13 Å². The smallest absolute Gasteiger partial charge is 0.257 e. The fourth-order valence-electron chi connectivity index (χ4n) is 2.97. The fourth-order valence-corrected chi connectivity index (χ4v) is 3.95. The van der Waals surface area contributed by atoms with Crippen molar-refractivity contribution in [3.63, 3.8) is 0 Å². The molecule has 0 fully saturated rings. The molecular weight excluding hydrogens is 426 g/mol. The molecule has 0 saturated carbocycles. The van der Waals surface area contributed by atoms with E-state index in [-0.39, 0.29) is 11.8 Å². The molecule has 3 aromatic rings. The maximum absolute atomic E-state index is 12.6. The predicted octanol–water partition coefficient (Wildman–Crippen LogP) is 5.10. The number of benzene rings is 2. The molecule has 4 rings (SSSR count). The predicted molar refractivity (Wildman–Crippen MR) is 111 cm³/mol. The zero-order chi connectivity index (χ0) is 18.8. The molecule has 0 unspecified atom stereocenters. The molecule has 2 amide bonds. The van der Waals surface area contributed by atoms with E-state index in [9.17, 15) is 9.59 Å². The van der Waals surface area contributed by atoms with Crippen LogP contribution in [0.4, 0.5) is 10.8 Å². The van der Waals surface area contributed by atoms with Gasteiger partial charge in [0.05, 0.1) is 5.69 Å². The number of amides is 2. The second-order valence-corrected chi connectivity index (χ2v) is 8.05. The summed E-state index contributed by atoms with van der Waals surface area (Å²) in [6.45, 7) is 0. The van der Waals surface area contributed by atoms with Crippen molar-refractivity contribution in [3.8, 4) is 11.3 Å². The van der Waals surface area contributed by atoms with Crippen molar-refractivity contribution >= 4 is 49.9 Å². The van der Waals surface area contributed by atoms with Crippen molar-refractivity contribution in [2.45, 2.75) is 19.3 Å². The van der Waals surface area contributed by atoms with E-state index in [0.29, 0.717) is 17.1 Å². The lowest BCUT2D eigenvalue weighted by Crippen LogP contribution is -2.13. The highest BCUT2D eigenvalue weighted by atomic mass is 79.9. The molecule has 0 spiro atoms. The van der Waals surface area contributed by atoms with Crippen LogP contribution in [-0.4, -0.2) is 16.8 Å². The number of hydrogen-bond donors (Lipinski definition) is 2. The Balaban J connectivity index is 1.50. The summed E-state index contributed by atoms with van der Waals surface area (Å²) in [5.41, 5.74) is 4.16. The molecule has 0 bridgehead atoms. The van der Waals surface area contributed by atoms with Crippen LogP contribution in [0.15, 0.2) is 52.3 Å². The Bertz CT molecular complexity index is 1010. The van der Waals surface area contributed by atoms with E-state index >= 15 is 0 Å². The van der Waals surface area contributed by atoms with Gasteiger partial charge in [-0.3, -0.25) is 14.9 Å². The fraction of sp³-hybridized carbons (Fsp3) is 0.150. The third-order valence-corrected chi connectivity index (χ3v) is 5.64. The lowest BCUT2D eigenvalue weighted by Gasteiger charge is -2.09. The number of aryl methyl sites for hydroxylation is 1. The van der Waals surface area contributed by atoms with E-state index in [1.54, 1.807) is 12.1 Å². The van der Waals surface area contributed by atoms with Gasteiger partial charge in [-0.05, 0) is 48.7 Å². The highest BCUT2D eigenvalue weighted by Crippen LogP contribution is 2.27. The number of nitrogens with zero attached hydrogens (tertiary/aromatic N) is 1. The van der Waals surface area contributed by atoms with Gasteiger partial charge in [0.25, 0.3) is 5.91 Å². The first-order valence-corrected chi connectivity index (χ1v) is 10.2. The number of carbonyl (C=O) groups is 2. The average molecular weight is 442 g/mol. The summed E-state index contributed by atoms with van der Waals surface area (Å²) in [5.74, 6) is -0.181. The molecule has 2 aromatic carbocycles. The Morgan fingerprint density at radius 1 is 1.15 bits per heavy atom. The first-order valence-electron chi connectivity index (χ1n) is 8.54. The molecule has 5 nitrogen and oxygen atoms in total. The van der Waals surface area contributed by atoms with Crippen molar-refractivity contribution in [1.29, 1.82) is 0 Å². The van der Waals surface area contributed by atoms with Crippen molar-refractivity contribution in [2.24, 2.45) is 0 Å². The number of thiazole rings is 1. The number of fused-ring (bicyclic) bond motifs is 1. The van der Waals surface area contributed by atoms with Gasteiger partial charge in [0.2, 0.25) is 5.91 Å². The largest absolute Gasteiger partial charge is 0.326 e. The maximum Gasteiger partial charge on any atom is 0.257 e. The minimum atomic E-state index is -0.204. The summed E-state index contributed by atoms with van der Waals surface area (Å²) in [5, 5.41) is 8.22. The Morgan fingerprint density at radius 3 is 2.78 bits per heavy atom. The quantitative estimate of drug-likeness (QED) is 0.593. The number of anilines is 2. The minimum Gasteiger partial charge on any atom is -0.326 e. The Morgan fingerprint density at radius 2 is 1.96 bits per heavy atom. The van der Waals surface area contributed by atoms with Crippen LogP contribution in [0.1, 0.15) is 28.8 Å². The van der Waals surface area contributed by atoms with Crippen molar-refractivity contribution in [3.05, 3.63) is 63.4 Å². The molecule has 0 radical (unpaired) electrons. The van der Waals surface area contributed by atoms with Crippen LogP contribution in [0, 0.1) is 0 Å². The maximum atomic E-state index is 12.6. The Hall–Kier alpha value is -2.51. The highest BCUT2D eigenvalue weighted by molar-refractivity contribution is 9.10. The van der Waals surface area contributed by atoms with Gasteiger partial charge in [-0.2, -0.15) is 0 Å². The second kappa shape index (κ2) is 7.62. The lowest BCUT2D eigenvalue weighted by atomic mass is 10.0. The molecule has 1 aliphatic heterocycles. The summed E-state index contributed by atoms with van der Waals surface area (Å²) >= 11 is 4.81. The molecule has 0 saturated heterocycles. The van der Waals surface area contributed by atoms with Crippen molar-refractivity contribution < 1.29 is 9.59 Å². The zero-order valence-corrected chi connectivity index (χ0v) is 16.7. The average Bonchev–Trinajstić information content (AvgIpc) is 3.03. The van der Waals surface area contributed by atoms with E-state index in [1.165, 1.54) is 11.3 Å². The molecule has 27 heavy (non-hydrogen) atoms. The summed E-state index contributed by atoms with van der Waals surface area (Å²) in [7, 11) is 0. The van der Waals surface area contributed by atoms with Gasteiger partial charge < -0.3 is 5.32 Å². The van der Waals surface area contributed by atoms with Crippen LogP contribution >= 0.6 is 27.3 Å². The molecule has 1 aromatic heterocycles. The third kappa shape index (κ3) is 4.09. The van der Waals surface area contributed by atoms with E-state index in [0.717, 1.165) is 39.8 Å². The van der Waals surface area contributed by atoms with Crippen LogP contribution in [0.3, 0.4) is 0 Å². The van der Waals surface area contributed by atoms with Crippen molar-refractivity contribution in [1.82, 2.24) is 4.98 Å². The molecule has 7 heteroatoms. The summed E-state index contributed by atoms with van der Waals surface area (Å²) in [6.07, 6.45) is 2.07. The Labute approximate surface area is 169 Å². The first kappa shape index (κ1) is 17.9. The third-order valence-electron chi connectivity index (χ3n) is 4.36. The molecule has 0 atom stereocenters. The van der Waals surface area contributed by atoms with Gasteiger partial charge in [0.1, 0.15) is 0 Å². The van der Waals surface area contributed by atoms with Crippen LogP contribution in [0.5, 0.6) is 0 Å². The summed E-state index contributed by atoms with van der Waals surface area (Å²) in [6, 6.07) is 13.2. The van der Waals surface area contributed by atoms with Gasteiger partial charge in [0, 0.05) is 33.1 Å².